The summed E-state index contributed by atoms with van der Waals surface area (Å²) in [6.07, 6.45) is 3.08. The molecule has 0 radical (unpaired) electrons. The third kappa shape index (κ3) is 3.28. The van der Waals surface area contributed by atoms with Crippen LogP contribution in [-0.2, 0) is 0 Å². The summed E-state index contributed by atoms with van der Waals surface area (Å²) in [4.78, 5) is 0. The Labute approximate surface area is 37.6 Å². The van der Waals surface area contributed by atoms with Crippen LogP contribution in [0.5, 0.6) is 0 Å². The van der Waals surface area contributed by atoms with Crippen LogP contribution in [0.4, 0.5) is 0 Å². The van der Waals surface area contributed by atoms with Crippen molar-refractivity contribution in [3.63, 3.8) is 0 Å². The highest BCUT2D eigenvalue weighted by Gasteiger charge is 1.53. The van der Waals surface area contributed by atoms with Gasteiger partial charge in [-0.05, 0) is 6.92 Å². The second-order valence-corrected chi connectivity index (χ2v) is 0.966. The van der Waals surface area contributed by atoms with Gasteiger partial charge in [0.15, 0.2) is 0 Å². The zero-order valence-electron chi connectivity index (χ0n) is 3.77. The molecule has 0 aromatic heterocycles. The minimum atomic E-state index is -0.141. The fourth-order valence-corrected chi connectivity index (χ4v) is 0.186. The number of rotatable bonds is 1. The smallest absolute Gasteiger partial charge is 0.0467 e. The van der Waals surface area contributed by atoms with Crippen molar-refractivity contribution in [1.82, 2.24) is 0 Å². The van der Waals surface area contributed by atoms with Gasteiger partial charge < -0.3 is 5.11 Å². The van der Waals surface area contributed by atoms with Crippen molar-refractivity contribution < 1.29 is 5.11 Å². The largest absolute Gasteiger partial charge is 0.873 e. The van der Waals surface area contributed by atoms with Gasteiger partial charge in [-0.15, -0.1) is 12.3 Å². The van der Waals surface area contributed by atoms with Gasteiger partial charge in [0.25, 0.3) is 0 Å². The third-order valence-corrected chi connectivity index (χ3v) is 0.353. The summed E-state index contributed by atoms with van der Waals surface area (Å²) in [6.45, 7) is 4.88. The van der Waals surface area contributed by atoms with E-state index in [0.29, 0.717) is 0 Å². The Morgan fingerprint density at radius 1 is 1.83 bits per heavy atom. The van der Waals surface area contributed by atoms with Crippen molar-refractivity contribution in [3.05, 3.63) is 24.5 Å². The average molecular weight is 83.1 g/mol. The van der Waals surface area contributed by atoms with Crippen molar-refractivity contribution in [3.8, 4) is 0 Å². The average Bonchev–Trinajstić information content (AvgIpc) is 1.35. The molecule has 0 atom stereocenters. The van der Waals surface area contributed by atoms with Crippen molar-refractivity contribution in [2.45, 2.75) is 6.92 Å². The fraction of sp³-hybridized carbons (Fsp3) is 0.200. The number of allylic oxidation sites excluding steroid dienone is 2. The summed E-state index contributed by atoms with van der Waals surface area (Å²) in [5.74, 6) is -0.141. The number of hydrogen-bond acceptors (Lipinski definition) is 1. The molecule has 0 bridgehead atoms. The van der Waals surface area contributed by atoms with Crippen molar-refractivity contribution in [2.24, 2.45) is 0 Å². The van der Waals surface area contributed by atoms with Crippen LogP contribution >= 0.6 is 0 Å². The molecule has 0 saturated carbocycles. The van der Waals surface area contributed by atoms with Gasteiger partial charge in [-0.25, -0.2) is 0 Å². The van der Waals surface area contributed by atoms with E-state index in [4.69, 9.17) is 0 Å². The molecule has 0 aliphatic carbocycles. The molecule has 1 nitrogen and oxygen atoms in total. The molecule has 0 aliphatic rings. The van der Waals surface area contributed by atoms with Crippen LogP contribution in [-0.4, -0.2) is 0 Å². The highest BCUT2D eigenvalue weighted by atomic mass is 16.3. The predicted molar refractivity (Wildman–Crippen MR) is 24.0 cm³/mol. The lowest BCUT2D eigenvalue weighted by molar-refractivity contribution is -0.294. The Balaban J connectivity index is 3.30. The first kappa shape index (κ1) is 5.28. The predicted octanol–water partition coefficient (Wildman–Crippen LogP) is 0.436. The van der Waals surface area contributed by atoms with E-state index in [1.165, 1.54) is 6.08 Å². The molecular weight excluding hydrogens is 76.1 g/mol. The molecule has 0 aromatic rings. The molecule has 0 heterocycles. The van der Waals surface area contributed by atoms with Gasteiger partial charge >= 0.3 is 0 Å². The molecule has 0 aliphatic heterocycles. The van der Waals surface area contributed by atoms with E-state index in [1.54, 1.807) is 13.0 Å². The van der Waals surface area contributed by atoms with Crippen LogP contribution in [0, 0.1) is 0 Å². The molecule has 6 heavy (non-hydrogen) atoms. The van der Waals surface area contributed by atoms with Gasteiger partial charge in [-0.1, -0.05) is 12.2 Å². The molecule has 0 fully saturated rings. The zero-order valence-corrected chi connectivity index (χ0v) is 3.77. The summed E-state index contributed by atoms with van der Waals surface area (Å²) in [5, 5.41) is 9.85. The molecule has 34 valence electrons. The highest BCUT2D eigenvalue weighted by Crippen LogP contribution is 1.75. The lowest BCUT2D eigenvalue weighted by Crippen LogP contribution is -1.95. The minimum Gasteiger partial charge on any atom is -0.873 e. The van der Waals surface area contributed by atoms with Gasteiger partial charge in [0.1, 0.15) is 0 Å². The topological polar surface area (TPSA) is 23.1 Å². The van der Waals surface area contributed by atoms with Gasteiger partial charge in [-0.2, -0.15) is 0 Å². The highest BCUT2D eigenvalue weighted by molar-refractivity contribution is 5.01. The molecule has 0 N–H and O–H groups in total. The van der Waals surface area contributed by atoms with Crippen LogP contribution in [0.1, 0.15) is 6.92 Å². The van der Waals surface area contributed by atoms with Crippen molar-refractivity contribution in [2.75, 3.05) is 0 Å². The molecule has 0 spiro atoms. The maximum Gasteiger partial charge on any atom is -0.0467 e. The first-order valence-electron chi connectivity index (χ1n) is 1.76. The van der Waals surface area contributed by atoms with Crippen molar-refractivity contribution in [1.29, 1.82) is 0 Å². The van der Waals surface area contributed by atoms with Crippen molar-refractivity contribution >= 4 is 0 Å². The normalized spacial score (nSPS) is 9.50. The van der Waals surface area contributed by atoms with E-state index in [9.17, 15) is 5.11 Å². The molecule has 0 aromatic carbocycles. The Morgan fingerprint density at radius 2 is 2.33 bits per heavy atom. The third-order valence-electron chi connectivity index (χ3n) is 0.353. The van der Waals surface area contributed by atoms with Gasteiger partial charge in [-0.3, -0.25) is 0 Å². The Morgan fingerprint density at radius 3 is 2.33 bits per heavy atom. The van der Waals surface area contributed by atoms with Crippen LogP contribution in [0.2, 0.25) is 0 Å². The minimum absolute atomic E-state index is 0.141. The summed E-state index contributed by atoms with van der Waals surface area (Å²) < 4.78 is 0. The Bertz CT molecular complexity index is 72.0. The van der Waals surface area contributed by atoms with E-state index < -0.39 is 0 Å². The Hall–Kier alpha value is -0.720. The SMILES string of the molecule is C=C([O-])C=CC. The second-order valence-electron chi connectivity index (χ2n) is 0.966. The lowest BCUT2D eigenvalue weighted by Gasteiger charge is -1.96. The maximum atomic E-state index is 9.85. The summed E-state index contributed by atoms with van der Waals surface area (Å²) >= 11 is 0. The zero-order chi connectivity index (χ0) is 4.99. The second kappa shape index (κ2) is 2.51. The van der Waals surface area contributed by atoms with E-state index in [0.717, 1.165) is 0 Å². The lowest BCUT2D eigenvalue weighted by atomic mass is 10.5. The quantitative estimate of drug-likeness (QED) is 0.333. The van der Waals surface area contributed by atoms with Crippen LogP contribution < -0.4 is 5.11 Å². The molecule has 0 amide bonds. The molecule has 0 rings (SSSR count). The summed E-state index contributed by atoms with van der Waals surface area (Å²) in [6, 6.07) is 0. The van der Waals surface area contributed by atoms with Crippen LogP contribution in [0.15, 0.2) is 24.5 Å². The van der Waals surface area contributed by atoms with E-state index in [1.807, 2.05) is 0 Å². The van der Waals surface area contributed by atoms with Gasteiger partial charge in [0.2, 0.25) is 0 Å². The first-order chi connectivity index (χ1) is 2.77. The standard InChI is InChI=1S/C5H8O/c1-3-4-5(2)6/h3-4,6H,2H2,1H3/p-1. The maximum absolute atomic E-state index is 9.85. The summed E-state index contributed by atoms with van der Waals surface area (Å²) in [7, 11) is 0. The summed E-state index contributed by atoms with van der Waals surface area (Å²) in [5.41, 5.74) is 0. The first-order valence-corrected chi connectivity index (χ1v) is 1.76. The van der Waals surface area contributed by atoms with Gasteiger partial charge in [0, 0.05) is 0 Å². The molecule has 0 unspecified atom stereocenters. The monoisotopic (exact) mass is 83.1 g/mol. The molecular formula is C5H7O-. The van der Waals surface area contributed by atoms with E-state index in [2.05, 4.69) is 6.58 Å². The Kier molecular flexibility index (Phi) is 2.21. The molecule has 1 heteroatoms. The molecule has 0 saturated heterocycles. The van der Waals surface area contributed by atoms with E-state index >= 15 is 0 Å². The fourth-order valence-electron chi connectivity index (χ4n) is 0.186. The van der Waals surface area contributed by atoms with E-state index in [-0.39, 0.29) is 5.76 Å². The van der Waals surface area contributed by atoms with Crippen LogP contribution in [0.25, 0.3) is 0 Å². The van der Waals surface area contributed by atoms with Gasteiger partial charge in [0.05, 0.1) is 0 Å². The number of hydrogen-bond donors (Lipinski definition) is 0. The van der Waals surface area contributed by atoms with Crippen LogP contribution in [0.3, 0.4) is 0 Å².